The van der Waals surface area contributed by atoms with Crippen LogP contribution in [0.25, 0.3) is 0 Å². The van der Waals surface area contributed by atoms with E-state index in [1.807, 2.05) is 59.3 Å². The molecule has 1 aliphatic heterocycles. The summed E-state index contributed by atoms with van der Waals surface area (Å²) < 4.78 is 14.7. The highest BCUT2D eigenvalue weighted by molar-refractivity contribution is 5.34. The Hall–Kier alpha value is -3.35. The molecule has 0 amide bonds. The first kappa shape index (κ1) is 19.6. The minimum atomic E-state index is -0.787. The highest BCUT2D eigenvalue weighted by atomic mass is 16.6. The molecule has 0 fully saturated rings. The third kappa shape index (κ3) is 4.13. The van der Waals surface area contributed by atoms with Gasteiger partial charge < -0.3 is 9.47 Å². The van der Waals surface area contributed by atoms with Gasteiger partial charge in [-0.15, -0.1) is 5.10 Å². The molecule has 0 bridgehead atoms. The van der Waals surface area contributed by atoms with E-state index in [0.717, 1.165) is 22.5 Å². The molecule has 0 radical (unpaired) electrons. The van der Waals surface area contributed by atoms with Crippen LogP contribution >= 0.6 is 0 Å². The van der Waals surface area contributed by atoms with Gasteiger partial charge in [-0.05, 0) is 27.1 Å². The van der Waals surface area contributed by atoms with Gasteiger partial charge in [-0.25, -0.2) is 4.68 Å². The van der Waals surface area contributed by atoms with Crippen LogP contribution in [0.5, 0.6) is 0 Å². The van der Waals surface area contributed by atoms with Gasteiger partial charge in [-0.2, -0.15) is 0 Å². The summed E-state index contributed by atoms with van der Waals surface area (Å²) in [6.07, 6.45) is 0.455. The Labute approximate surface area is 181 Å². The number of rotatable bonds is 7. The highest BCUT2D eigenvalue weighted by Gasteiger charge is 2.46. The summed E-state index contributed by atoms with van der Waals surface area (Å²) in [4.78, 5) is 0. The maximum Gasteiger partial charge on any atom is 0.188 e. The summed E-state index contributed by atoms with van der Waals surface area (Å²) in [5.74, 6) is 0.724. The molecule has 1 aliphatic rings. The molecule has 0 N–H and O–H groups in total. The molecule has 31 heavy (non-hydrogen) atoms. The van der Waals surface area contributed by atoms with Gasteiger partial charge in [0.1, 0.15) is 6.10 Å². The predicted octanol–water partition coefficient (Wildman–Crippen LogP) is 3.78. The first-order valence-corrected chi connectivity index (χ1v) is 10.5. The SMILES string of the molecule is c1ccc(COC[C@H]2Cn3nnnc3[C@@](Cc3ccccc3)(c3ccccc3)O2)cc1. The average molecular weight is 412 g/mol. The summed E-state index contributed by atoms with van der Waals surface area (Å²) in [6, 6.07) is 30.7. The first-order valence-electron chi connectivity index (χ1n) is 10.5. The number of nitrogens with zero attached hydrogens (tertiary/aromatic N) is 4. The van der Waals surface area contributed by atoms with E-state index in [1.165, 1.54) is 0 Å². The van der Waals surface area contributed by atoms with Crippen LogP contribution in [0.15, 0.2) is 91.0 Å². The van der Waals surface area contributed by atoms with Crippen molar-refractivity contribution in [2.45, 2.75) is 31.3 Å². The third-order valence-corrected chi connectivity index (χ3v) is 5.59. The Kier molecular flexibility index (Phi) is 5.56. The topological polar surface area (TPSA) is 62.1 Å². The molecule has 4 aromatic rings. The smallest absolute Gasteiger partial charge is 0.188 e. The van der Waals surface area contributed by atoms with E-state index in [1.54, 1.807) is 0 Å². The van der Waals surface area contributed by atoms with Crippen LogP contribution in [0, 0.1) is 0 Å². The molecule has 2 heterocycles. The Balaban J connectivity index is 1.45. The number of fused-ring (bicyclic) bond motifs is 1. The van der Waals surface area contributed by atoms with Crippen LogP contribution in [-0.4, -0.2) is 32.9 Å². The molecule has 6 nitrogen and oxygen atoms in total. The van der Waals surface area contributed by atoms with Gasteiger partial charge in [0.05, 0.1) is 19.8 Å². The number of aromatic nitrogens is 4. The quantitative estimate of drug-likeness (QED) is 0.462. The molecular formula is C25H24N4O2. The lowest BCUT2D eigenvalue weighted by atomic mass is 9.85. The zero-order valence-electron chi connectivity index (χ0n) is 17.2. The third-order valence-electron chi connectivity index (χ3n) is 5.59. The molecule has 156 valence electrons. The van der Waals surface area contributed by atoms with Gasteiger partial charge in [0.15, 0.2) is 11.4 Å². The summed E-state index contributed by atoms with van der Waals surface area (Å²) in [6.45, 7) is 1.55. The fourth-order valence-corrected chi connectivity index (χ4v) is 4.16. The average Bonchev–Trinajstić information content (AvgIpc) is 3.30. The molecule has 3 aromatic carbocycles. The van der Waals surface area contributed by atoms with Gasteiger partial charge in [0.2, 0.25) is 0 Å². The van der Waals surface area contributed by atoms with Gasteiger partial charge in [0.25, 0.3) is 0 Å². The fraction of sp³-hybridized carbons (Fsp3) is 0.240. The van der Waals surface area contributed by atoms with Crippen LogP contribution in [-0.2, 0) is 34.6 Å². The number of tetrazole rings is 1. The van der Waals surface area contributed by atoms with Gasteiger partial charge in [0, 0.05) is 6.42 Å². The van der Waals surface area contributed by atoms with Crippen molar-refractivity contribution >= 4 is 0 Å². The number of hydrogen-bond acceptors (Lipinski definition) is 5. The standard InChI is InChI=1S/C25H24N4O2/c1-4-10-20(11-5-1)16-25(22-14-8-3-9-15-22)24-26-27-28-29(24)17-23(31-25)19-30-18-21-12-6-2-7-13-21/h1-15,23H,16-19H2/t23-,25-/m1/s1. The summed E-state index contributed by atoms with van der Waals surface area (Å²) in [5, 5.41) is 12.6. The van der Waals surface area contributed by atoms with E-state index in [2.05, 4.69) is 51.9 Å². The molecule has 0 aliphatic carbocycles. The van der Waals surface area contributed by atoms with Crippen molar-refractivity contribution in [2.75, 3.05) is 6.61 Å². The monoisotopic (exact) mass is 412 g/mol. The second kappa shape index (κ2) is 8.79. The molecule has 0 unspecified atom stereocenters. The molecule has 6 heteroatoms. The van der Waals surface area contributed by atoms with Gasteiger partial charge in [-0.3, -0.25) is 0 Å². The van der Waals surface area contributed by atoms with Crippen molar-refractivity contribution in [2.24, 2.45) is 0 Å². The molecule has 1 aromatic heterocycles. The van der Waals surface area contributed by atoms with Crippen molar-refractivity contribution in [3.63, 3.8) is 0 Å². The van der Waals surface area contributed by atoms with E-state index in [0.29, 0.717) is 26.2 Å². The van der Waals surface area contributed by atoms with E-state index in [9.17, 15) is 0 Å². The van der Waals surface area contributed by atoms with Crippen molar-refractivity contribution in [1.29, 1.82) is 0 Å². The van der Waals surface area contributed by atoms with Crippen molar-refractivity contribution in [3.8, 4) is 0 Å². The summed E-state index contributed by atoms with van der Waals surface area (Å²) >= 11 is 0. The summed E-state index contributed by atoms with van der Waals surface area (Å²) in [5.41, 5.74) is 2.54. The van der Waals surface area contributed by atoms with Crippen LogP contribution in [0.1, 0.15) is 22.5 Å². The van der Waals surface area contributed by atoms with E-state index < -0.39 is 5.60 Å². The lowest BCUT2D eigenvalue weighted by molar-refractivity contribution is -0.135. The van der Waals surface area contributed by atoms with Crippen molar-refractivity contribution in [3.05, 3.63) is 114 Å². The Morgan fingerprint density at radius 3 is 2.23 bits per heavy atom. The number of hydrogen-bond donors (Lipinski definition) is 0. The fourth-order valence-electron chi connectivity index (χ4n) is 4.16. The lowest BCUT2D eigenvalue weighted by Crippen LogP contribution is -2.47. The largest absolute Gasteiger partial charge is 0.374 e. The molecule has 0 spiro atoms. The minimum Gasteiger partial charge on any atom is -0.374 e. The van der Waals surface area contributed by atoms with Crippen LogP contribution in [0.2, 0.25) is 0 Å². The first-order chi connectivity index (χ1) is 15.3. The second-order valence-electron chi connectivity index (χ2n) is 7.78. The Morgan fingerprint density at radius 2 is 1.52 bits per heavy atom. The Morgan fingerprint density at radius 1 is 0.871 bits per heavy atom. The molecular weight excluding hydrogens is 388 g/mol. The van der Waals surface area contributed by atoms with Crippen molar-refractivity contribution < 1.29 is 9.47 Å². The second-order valence-corrected chi connectivity index (χ2v) is 7.78. The highest BCUT2D eigenvalue weighted by Crippen LogP contribution is 2.39. The van der Waals surface area contributed by atoms with Crippen molar-refractivity contribution in [1.82, 2.24) is 20.2 Å². The van der Waals surface area contributed by atoms with Gasteiger partial charge >= 0.3 is 0 Å². The predicted molar refractivity (Wildman–Crippen MR) is 116 cm³/mol. The van der Waals surface area contributed by atoms with Crippen LogP contribution in [0.4, 0.5) is 0 Å². The maximum absolute atomic E-state index is 6.80. The zero-order chi connectivity index (χ0) is 20.9. The van der Waals surface area contributed by atoms with E-state index >= 15 is 0 Å². The van der Waals surface area contributed by atoms with Crippen LogP contribution in [0.3, 0.4) is 0 Å². The lowest BCUT2D eigenvalue weighted by Gasteiger charge is -2.40. The molecule has 0 saturated carbocycles. The zero-order valence-corrected chi connectivity index (χ0v) is 17.2. The number of ether oxygens (including phenoxy) is 2. The van der Waals surface area contributed by atoms with E-state index in [-0.39, 0.29) is 6.10 Å². The minimum absolute atomic E-state index is 0.177. The van der Waals surface area contributed by atoms with E-state index in [4.69, 9.17) is 9.47 Å². The number of benzene rings is 3. The maximum atomic E-state index is 6.80. The molecule has 2 atom stereocenters. The van der Waals surface area contributed by atoms with Gasteiger partial charge in [-0.1, -0.05) is 91.0 Å². The normalized spacial score (nSPS) is 20.3. The molecule has 0 saturated heterocycles. The Bertz CT molecular complexity index is 1100. The molecule has 5 rings (SSSR count). The summed E-state index contributed by atoms with van der Waals surface area (Å²) in [7, 11) is 0. The van der Waals surface area contributed by atoms with Crippen LogP contribution < -0.4 is 0 Å².